The lowest BCUT2D eigenvalue weighted by Crippen LogP contribution is -2.27. The molecule has 0 saturated carbocycles. The highest BCUT2D eigenvalue weighted by Gasteiger charge is 2.35. The molecule has 3 N–H and O–H groups in total. The lowest BCUT2D eigenvalue weighted by molar-refractivity contribution is -0.140. The van der Waals surface area contributed by atoms with E-state index in [-0.39, 0.29) is 24.4 Å². The molecule has 0 spiro atoms. The molecule has 1 aromatic carbocycles. The summed E-state index contributed by atoms with van der Waals surface area (Å²) in [6.45, 7) is 1.61. The molecular formula is C11H14ClF4NO. The topological polar surface area (TPSA) is 46.2 Å². The Balaban J connectivity index is 0.00000289. The van der Waals surface area contributed by atoms with E-state index in [1.807, 2.05) is 0 Å². The largest absolute Gasteiger partial charge is 0.419 e. The first kappa shape index (κ1) is 17.2. The first-order valence-electron chi connectivity index (χ1n) is 5.08. The fraction of sp³-hybridized carbons (Fsp3) is 0.455. The van der Waals surface area contributed by atoms with E-state index in [0.717, 1.165) is 12.1 Å². The molecule has 1 aromatic rings. The maximum atomic E-state index is 13.6. The predicted octanol–water partition coefficient (Wildman–Crippen LogP) is 3.04. The van der Waals surface area contributed by atoms with Crippen LogP contribution in [0.25, 0.3) is 0 Å². The zero-order chi connectivity index (χ0) is 13.2. The van der Waals surface area contributed by atoms with Crippen molar-refractivity contribution in [3.05, 3.63) is 35.1 Å². The van der Waals surface area contributed by atoms with E-state index in [1.54, 1.807) is 6.92 Å². The summed E-state index contributed by atoms with van der Waals surface area (Å²) in [4.78, 5) is 0. The number of alkyl halides is 3. The van der Waals surface area contributed by atoms with Crippen LogP contribution < -0.4 is 5.73 Å². The molecule has 0 radical (unpaired) electrons. The molecule has 0 bridgehead atoms. The van der Waals surface area contributed by atoms with Gasteiger partial charge >= 0.3 is 6.18 Å². The van der Waals surface area contributed by atoms with Crippen LogP contribution in [0.15, 0.2) is 18.2 Å². The molecule has 0 fully saturated rings. The predicted molar refractivity (Wildman–Crippen MR) is 61.9 cm³/mol. The summed E-state index contributed by atoms with van der Waals surface area (Å²) in [6.07, 6.45) is -5.61. The average Bonchev–Trinajstić information content (AvgIpc) is 2.25. The second kappa shape index (κ2) is 6.36. The van der Waals surface area contributed by atoms with Gasteiger partial charge in [0.15, 0.2) is 0 Å². The SMILES string of the molecule is CC[C@@H](O)[C@@H](N)c1cccc(C(F)(F)F)c1F.Cl. The van der Waals surface area contributed by atoms with Crippen molar-refractivity contribution in [2.45, 2.75) is 31.7 Å². The molecular weight excluding hydrogens is 274 g/mol. The first-order chi connectivity index (χ1) is 7.79. The highest BCUT2D eigenvalue weighted by atomic mass is 35.5. The van der Waals surface area contributed by atoms with E-state index in [4.69, 9.17) is 5.73 Å². The fourth-order valence-electron chi connectivity index (χ4n) is 1.49. The summed E-state index contributed by atoms with van der Waals surface area (Å²) in [7, 11) is 0. The molecule has 0 aliphatic heterocycles. The Kier molecular flexibility index (Phi) is 6.06. The minimum Gasteiger partial charge on any atom is -0.391 e. The first-order valence-corrected chi connectivity index (χ1v) is 5.08. The Labute approximate surface area is 108 Å². The van der Waals surface area contributed by atoms with Gasteiger partial charge in [0.1, 0.15) is 5.82 Å². The van der Waals surface area contributed by atoms with Gasteiger partial charge in [-0.05, 0) is 12.5 Å². The summed E-state index contributed by atoms with van der Waals surface area (Å²) >= 11 is 0. The Hall–Kier alpha value is -0.850. The quantitative estimate of drug-likeness (QED) is 0.840. The molecule has 0 aliphatic carbocycles. The number of rotatable bonds is 3. The molecule has 2 nitrogen and oxygen atoms in total. The zero-order valence-corrected chi connectivity index (χ0v) is 10.4. The number of hydrogen-bond donors (Lipinski definition) is 2. The molecule has 104 valence electrons. The molecule has 0 aromatic heterocycles. The summed E-state index contributed by atoms with van der Waals surface area (Å²) < 4.78 is 50.9. The van der Waals surface area contributed by atoms with E-state index >= 15 is 0 Å². The maximum absolute atomic E-state index is 13.6. The number of aliphatic hydroxyl groups is 1. The fourth-order valence-corrected chi connectivity index (χ4v) is 1.49. The Morgan fingerprint density at radius 1 is 1.33 bits per heavy atom. The molecule has 2 atom stereocenters. The standard InChI is InChI=1S/C11H13F4NO.ClH/c1-2-8(17)10(16)6-4-3-5-7(9(6)12)11(13,14)15;/h3-5,8,10,17H,2,16H2,1H3;1H/t8-,10+;/m1./s1. The second-order valence-electron chi connectivity index (χ2n) is 3.71. The van der Waals surface area contributed by atoms with Crippen molar-refractivity contribution in [1.82, 2.24) is 0 Å². The summed E-state index contributed by atoms with van der Waals surface area (Å²) in [5, 5.41) is 9.43. The van der Waals surface area contributed by atoms with Crippen molar-refractivity contribution in [2.75, 3.05) is 0 Å². The van der Waals surface area contributed by atoms with Gasteiger partial charge in [0.25, 0.3) is 0 Å². The number of benzene rings is 1. The second-order valence-corrected chi connectivity index (χ2v) is 3.71. The summed E-state index contributed by atoms with van der Waals surface area (Å²) in [6, 6.07) is 1.70. The minimum atomic E-state index is -4.77. The summed E-state index contributed by atoms with van der Waals surface area (Å²) in [5.74, 6) is -1.42. The highest BCUT2D eigenvalue weighted by molar-refractivity contribution is 5.85. The van der Waals surface area contributed by atoms with Gasteiger partial charge in [-0.25, -0.2) is 4.39 Å². The van der Waals surface area contributed by atoms with Crippen LogP contribution in [-0.4, -0.2) is 11.2 Å². The molecule has 0 amide bonds. The van der Waals surface area contributed by atoms with E-state index in [9.17, 15) is 22.7 Å². The normalized spacial score (nSPS) is 14.8. The van der Waals surface area contributed by atoms with Crippen LogP contribution in [0.3, 0.4) is 0 Å². The monoisotopic (exact) mass is 287 g/mol. The van der Waals surface area contributed by atoms with E-state index in [1.165, 1.54) is 0 Å². The van der Waals surface area contributed by atoms with Gasteiger partial charge in [0, 0.05) is 5.56 Å². The Bertz CT molecular complexity index is 397. The number of nitrogens with two attached hydrogens (primary N) is 1. The van der Waals surface area contributed by atoms with Crippen LogP contribution in [-0.2, 0) is 6.18 Å². The molecule has 1 rings (SSSR count). The number of hydrogen-bond acceptors (Lipinski definition) is 2. The van der Waals surface area contributed by atoms with E-state index in [2.05, 4.69) is 0 Å². The van der Waals surface area contributed by atoms with Crippen LogP contribution in [0.4, 0.5) is 17.6 Å². The van der Waals surface area contributed by atoms with Crippen LogP contribution in [0, 0.1) is 5.82 Å². The zero-order valence-electron chi connectivity index (χ0n) is 9.54. The van der Waals surface area contributed by atoms with Crippen molar-refractivity contribution in [3.8, 4) is 0 Å². The highest BCUT2D eigenvalue weighted by Crippen LogP contribution is 2.34. The van der Waals surface area contributed by atoms with Gasteiger partial charge in [-0.3, -0.25) is 0 Å². The molecule has 18 heavy (non-hydrogen) atoms. The number of halogens is 5. The molecule has 0 unspecified atom stereocenters. The third-order valence-electron chi connectivity index (χ3n) is 2.53. The molecule has 7 heteroatoms. The smallest absolute Gasteiger partial charge is 0.391 e. The van der Waals surface area contributed by atoms with Crippen molar-refractivity contribution in [1.29, 1.82) is 0 Å². The van der Waals surface area contributed by atoms with Gasteiger partial charge in [-0.15, -0.1) is 12.4 Å². The molecule has 0 saturated heterocycles. The van der Waals surface area contributed by atoms with Crippen molar-refractivity contribution < 1.29 is 22.7 Å². The lowest BCUT2D eigenvalue weighted by atomic mass is 9.98. The number of aliphatic hydroxyl groups excluding tert-OH is 1. The third-order valence-corrected chi connectivity index (χ3v) is 2.53. The Morgan fingerprint density at radius 3 is 2.33 bits per heavy atom. The van der Waals surface area contributed by atoms with Gasteiger partial charge < -0.3 is 10.8 Å². The van der Waals surface area contributed by atoms with Crippen LogP contribution >= 0.6 is 12.4 Å². The Morgan fingerprint density at radius 2 is 1.89 bits per heavy atom. The summed E-state index contributed by atoms with van der Waals surface area (Å²) in [5.41, 5.74) is 3.81. The van der Waals surface area contributed by atoms with E-state index in [0.29, 0.717) is 6.07 Å². The van der Waals surface area contributed by atoms with Crippen LogP contribution in [0.2, 0.25) is 0 Å². The van der Waals surface area contributed by atoms with Crippen molar-refractivity contribution in [3.63, 3.8) is 0 Å². The lowest BCUT2D eigenvalue weighted by Gasteiger charge is -2.20. The van der Waals surface area contributed by atoms with Gasteiger partial charge in [0.05, 0.1) is 17.7 Å². The van der Waals surface area contributed by atoms with Gasteiger partial charge in [-0.2, -0.15) is 13.2 Å². The van der Waals surface area contributed by atoms with Crippen LogP contribution in [0.5, 0.6) is 0 Å². The van der Waals surface area contributed by atoms with Gasteiger partial charge in [0.2, 0.25) is 0 Å². The average molecular weight is 288 g/mol. The van der Waals surface area contributed by atoms with E-state index < -0.39 is 29.7 Å². The molecule has 0 heterocycles. The van der Waals surface area contributed by atoms with Crippen LogP contribution in [0.1, 0.15) is 30.5 Å². The third kappa shape index (κ3) is 3.57. The maximum Gasteiger partial charge on any atom is 0.419 e. The molecule has 0 aliphatic rings. The minimum absolute atomic E-state index is 0. The van der Waals surface area contributed by atoms with Crippen molar-refractivity contribution in [2.24, 2.45) is 5.73 Å². The van der Waals surface area contributed by atoms with Gasteiger partial charge in [-0.1, -0.05) is 19.1 Å². The van der Waals surface area contributed by atoms with Crippen molar-refractivity contribution >= 4 is 12.4 Å².